The van der Waals surface area contributed by atoms with Gasteiger partial charge in [-0.15, -0.1) is 0 Å². The van der Waals surface area contributed by atoms with Gasteiger partial charge in [0.2, 0.25) is 0 Å². The highest BCUT2D eigenvalue weighted by Crippen LogP contribution is 2.31. The molecule has 2 saturated heterocycles. The molecule has 4 N–H and O–H groups in total. The number of hydrogen-bond acceptors (Lipinski definition) is 4. The lowest BCUT2D eigenvalue weighted by Gasteiger charge is -2.30. The SMILES string of the molecule is NC1CCN(Cc2cccc(C(F)(F)F)c2)CC1.NC1CCN(Cc2cccc(C(F)(F)F)c2)CC1. The third-order valence-corrected chi connectivity index (χ3v) is 6.59. The van der Waals surface area contributed by atoms with E-state index in [9.17, 15) is 26.3 Å². The number of nitrogens with zero attached hydrogens (tertiary/aromatic N) is 2. The number of alkyl halides is 6. The lowest BCUT2D eigenvalue weighted by molar-refractivity contribution is -0.138. The van der Waals surface area contributed by atoms with Gasteiger partial charge in [-0.3, -0.25) is 9.80 Å². The molecule has 2 fully saturated rings. The number of hydrogen-bond donors (Lipinski definition) is 2. The molecule has 0 radical (unpaired) electrons. The molecule has 2 aliphatic rings. The topological polar surface area (TPSA) is 58.5 Å². The van der Waals surface area contributed by atoms with Crippen LogP contribution in [-0.2, 0) is 25.4 Å². The molecular formula is C26H34F6N4. The normalized spacial score (nSPS) is 19.1. The fourth-order valence-electron chi connectivity index (χ4n) is 4.43. The van der Waals surface area contributed by atoms with Crippen LogP contribution in [0.25, 0.3) is 0 Å². The Hall–Kier alpha value is -2.14. The van der Waals surface area contributed by atoms with Crippen molar-refractivity contribution in [2.45, 2.75) is 63.2 Å². The molecule has 0 unspecified atom stereocenters. The highest BCUT2D eigenvalue weighted by atomic mass is 19.4. The van der Waals surface area contributed by atoms with Crippen LogP contribution in [0.15, 0.2) is 48.5 Å². The van der Waals surface area contributed by atoms with Crippen LogP contribution in [0.4, 0.5) is 26.3 Å². The summed E-state index contributed by atoms with van der Waals surface area (Å²) < 4.78 is 75.4. The molecule has 2 aromatic rings. The van der Waals surface area contributed by atoms with Gasteiger partial charge in [0, 0.05) is 25.2 Å². The van der Waals surface area contributed by atoms with Gasteiger partial charge in [0.15, 0.2) is 0 Å². The molecule has 0 amide bonds. The van der Waals surface area contributed by atoms with Gasteiger partial charge >= 0.3 is 12.4 Å². The summed E-state index contributed by atoms with van der Waals surface area (Å²) in [6, 6.07) is 11.6. The summed E-state index contributed by atoms with van der Waals surface area (Å²) in [7, 11) is 0. The van der Waals surface area contributed by atoms with E-state index < -0.39 is 23.5 Å². The molecule has 0 spiro atoms. The quantitative estimate of drug-likeness (QED) is 0.545. The Labute approximate surface area is 208 Å². The van der Waals surface area contributed by atoms with Gasteiger partial charge in [-0.2, -0.15) is 26.3 Å². The summed E-state index contributed by atoms with van der Waals surface area (Å²) in [5.74, 6) is 0. The van der Waals surface area contributed by atoms with E-state index in [0.29, 0.717) is 24.2 Å². The van der Waals surface area contributed by atoms with Crippen molar-refractivity contribution in [2.75, 3.05) is 26.2 Å². The summed E-state index contributed by atoms with van der Waals surface area (Å²) in [6.07, 6.45) is -4.86. The third-order valence-electron chi connectivity index (χ3n) is 6.59. The molecule has 2 aliphatic heterocycles. The fraction of sp³-hybridized carbons (Fsp3) is 0.538. The molecule has 4 rings (SSSR count). The van der Waals surface area contributed by atoms with E-state index in [-0.39, 0.29) is 12.1 Å². The zero-order valence-corrected chi connectivity index (χ0v) is 20.2. The number of likely N-dealkylation sites (tertiary alicyclic amines) is 2. The second-order valence-corrected chi connectivity index (χ2v) is 9.62. The minimum atomic E-state index is -4.26. The Morgan fingerprint density at radius 2 is 0.944 bits per heavy atom. The van der Waals surface area contributed by atoms with Gasteiger partial charge in [0.05, 0.1) is 11.1 Å². The molecule has 200 valence electrons. The van der Waals surface area contributed by atoms with E-state index in [1.54, 1.807) is 12.1 Å². The monoisotopic (exact) mass is 516 g/mol. The van der Waals surface area contributed by atoms with Gasteiger partial charge in [-0.05, 0) is 75.1 Å². The summed E-state index contributed by atoms with van der Waals surface area (Å²) in [4.78, 5) is 4.30. The van der Waals surface area contributed by atoms with Crippen molar-refractivity contribution >= 4 is 0 Å². The van der Waals surface area contributed by atoms with Crippen LogP contribution in [0.1, 0.15) is 47.9 Å². The average Bonchev–Trinajstić information content (AvgIpc) is 2.82. The Kier molecular flexibility index (Phi) is 9.79. The van der Waals surface area contributed by atoms with E-state index in [4.69, 9.17) is 11.5 Å². The van der Waals surface area contributed by atoms with Gasteiger partial charge in [-0.25, -0.2) is 0 Å². The standard InChI is InChI=1S/2C13H17F3N2/c2*14-13(15,16)11-3-1-2-10(8-11)9-18-6-4-12(17)5-7-18/h2*1-3,8,12H,4-7,9,17H2. The number of nitrogens with two attached hydrogens (primary N) is 2. The zero-order valence-electron chi connectivity index (χ0n) is 20.2. The predicted molar refractivity (Wildman–Crippen MR) is 128 cm³/mol. The fourth-order valence-corrected chi connectivity index (χ4v) is 4.43. The van der Waals surface area contributed by atoms with Crippen molar-refractivity contribution in [2.24, 2.45) is 11.5 Å². The number of halogens is 6. The van der Waals surface area contributed by atoms with Crippen molar-refractivity contribution in [3.05, 3.63) is 70.8 Å². The number of benzene rings is 2. The molecule has 0 saturated carbocycles. The maximum Gasteiger partial charge on any atom is 0.416 e. The summed E-state index contributed by atoms with van der Waals surface area (Å²) in [5, 5.41) is 0. The van der Waals surface area contributed by atoms with E-state index in [1.165, 1.54) is 24.3 Å². The first-order chi connectivity index (χ1) is 16.9. The number of rotatable bonds is 4. The largest absolute Gasteiger partial charge is 0.416 e. The van der Waals surface area contributed by atoms with E-state index in [0.717, 1.165) is 64.0 Å². The molecule has 0 aromatic heterocycles. The van der Waals surface area contributed by atoms with Crippen molar-refractivity contribution in [3.63, 3.8) is 0 Å². The van der Waals surface area contributed by atoms with Crippen LogP contribution < -0.4 is 11.5 Å². The molecular weight excluding hydrogens is 482 g/mol. The summed E-state index contributed by atoms with van der Waals surface area (Å²) >= 11 is 0. The first kappa shape index (κ1) is 28.4. The van der Waals surface area contributed by atoms with Crippen LogP contribution >= 0.6 is 0 Å². The zero-order chi connectivity index (χ0) is 26.3. The first-order valence-electron chi connectivity index (χ1n) is 12.2. The Bertz CT molecular complexity index is 868. The summed E-state index contributed by atoms with van der Waals surface area (Å²) in [5.41, 5.74) is 11.9. The second kappa shape index (κ2) is 12.4. The predicted octanol–water partition coefficient (Wildman–Crippen LogP) is 5.26. The molecule has 36 heavy (non-hydrogen) atoms. The molecule has 2 heterocycles. The smallest absolute Gasteiger partial charge is 0.328 e. The molecule has 0 atom stereocenters. The van der Waals surface area contributed by atoms with Crippen molar-refractivity contribution < 1.29 is 26.3 Å². The Morgan fingerprint density at radius 1 is 0.611 bits per heavy atom. The van der Waals surface area contributed by atoms with Crippen molar-refractivity contribution in [1.82, 2.24) is 9.80 Å². The third kappa shape index (κ3) is 9.06. The van der Waals surface area contributed by atoms with Gasteiger partial charge in [0.1, 0.15) is 0 Å². The minimum absolute atomic E-state index is 0.239. The van der Waals surface area contributed by atoms with Crippen LogP contribution in [0.3, 0.4) is 0 Å². The lowest BCUT2D eigenvalue weighted by atomic mass is 10.0. The van der Waals surface area contributed by atoms with E-state index in [1.807, 2.05) is 0 Å². The summed E-state index contributed by atoms with van der Waals surface area (Å²) in [6.45, 7) is 4.57. The Morgan fingerprint density at radius 3 is 1.25 bits per heavy atom. The minimum Gasteiger partial charge on any atom is -0.328 e. The molecule has 2 aromatic carbocycles. The second-order valence-electron chi connectivity index (χ2n) is 9.62. The maximum absolute atomic E-state index is 12.6. The van der Waals surface area contributed by atoms with E-state index >= 15 is 0 Å². The molecule has 0 bridgehead atoms. The lowest BCUT2D eigenvalue weighted by Crippen LogP contribution is -2.39. The maximum atomic E-state index is 12.6. The number of piperidine rings is 2. The first-order valence-corrected chi connectivity index (χ1v) is 12.2. The van der Waals surface area contributed by atoms with Crippen molar-refractivity contribution in [1.29, 1.82) is 0 Å². The highest BCUT2D eigenvalue weighted by molar-refractivity contribution is 5.26. The highest BCUT2D eigenvalue weighted by Gasteiger charge is 2.31. The van der Waals surface area contributed by atoms with Crippen molar-refractivity contribution in [3.8, 4) is 0 Å². The van der Waals surface area contributed by atoms with Crippen LogP contribution in [-0.4, -0.2) is 48.1 Å². The molecule has 10 heteroatoms. The van der Waals surface area contributed by atoms with Gasteiger partial charge < -0.3 is 11.5 Å². The van der Waals surface area contributed by atoms with Crippen LogP contribution in [0, 0.1) is 0 Å². The van der Waals surface area contributed by atoms with E-state index in [2.05, 4.69) is 9.80 Å². The van der Waals surface area contributed by atoms with Crippen LogP contribution in [0.5, 0.6) is 0 Å². The van der Waals surface area contributed by atoms with Crippen LogP contribution in [0.2, 0.25) is 0 Å². The average molecular weight is 517 g/mol. The molecule has 0 aliphatic carbocycles. The Balaban J connectivity index is 0.000000201. The van der Waals surface area contributed by atoms with Gasteiger partial charge in [-0.1, -0.05) is 36.4 Å². The molecule has 4 nitrogen and oxygen atoms in total. The van der Waals surface area contributed by atoms with Gasteiger partial charge in [0.25, 0.3) is 0 Å².